The number of nitrogens with two attached hydrogens (primary N) is 1. The third-order valence-corrected chi connectivity index (χ3v) is 6.79. The molecule has 32 heavy (non-hydrogen) atoms. The first kappa shape index (κ1) is 24.4. The van der Waals surface area contributed by atoms with Crippen molar-refractivity contribution in [2.45, 2.75) is 18.4 Å². The minimum atomic E-state index is -5.33. The van der Waals surface area contributed by atoms with Crippen LogP contribution in [0.2, 0.25) is 0 Å². The first-order valence-corrected chi connectivity index (χ1v) is 11.9. The van der Waals surface area contributed by atoms with Gasteiger partial charge in [-0.25, -0.2) is 13.7 Å². The minimum Gasteiger partial charge on any atom is -0.386 e. The maximum absolute atomic E-state index is 12.2. The summed E-state index contributed by atoms with van der Waals surface area (Å²) < 4.78 is 39.3. The summed E-state index contributed by atoms with van der Waals surface area (Å²) in [6.45, 7) is -0.889. The number of H-pyrrole nitrogens is 1. The zero-order valence-electron chi connectivity index (χ0n) is 16.3. The van der Waals surface area contributed by atoms with Crippen molar-refractivity contribution in [1.82, 2.24) is 19.9 Å². The lowest BCUT2D eigenvalue weighted by atomic mass is 9.98. The van der Waals surface area contributed by atoms with Gasteiger partial charge in [-0.1, -0.05) is 4.98 Å². The third kappa shape index (κ3) is 5.23. The van der Waals surface area contributed by atoms with Gasteiger partial charge in [-0.3, -0.25) is 23.7 Å². The molecule has 17 nitrogen and oxygen atoms in total. The molecule has 1 aliphatic heterocycles. The molecule has 5 atom stereocenters. The number of phosphoric ester groups is 1. The number of imidazole rings is 1. The number of hydrogen-bond donors (Lipinski definition) is 7. The van der Waals surface area contributed by atoms with Gasteiger partial charge in [0.05, 0.1) is 19.8 Å². The SMILES string of the molecule is Cn1c[n+]([C@@H]2O[C@H](COP(=O)(O)OP(=O)(O)O)[C@@H](CNC=O)[C@H]2O)c2nc(N)[nH]c(=O)c21. The number of anilines is 1. The molecule has 2 aromatic heterocycles. The monoisotopic (exact) mass is 499 g/mol. The molecule has 2 aromatic rings. The average molecular weight is 499 g/mol. The molecule has 1 saturated heterocycles. The van der Waals surface area contributed by atoms with E-state index in [1.807, 2.05) is 0 Å². The molecule has 3 rings (SSSR count). The number of aliphatic hydroxyl groups excluding tert-OH is 1. The van der Waals surface area contributed by atoms with Crippen LogP contribution in [0, 0.1) is 5.92 Å². The van der Waals surface area contributed by atoms with E-state index in [0.29, 0.717) is 6.41 Å². The number of aromatic amines is 1. The van der Waals surface area contributed by atoms with Crippen LogP contribution in [0.25, 0.3) is 11.2 Å². The second-order valence-electron chi connectivity index (χ2n) is 6.84. The van der Waals surface area contributed by atoms with Crippen LogP contribution < -0.4 is 21.2 Å². The van der Waals surface area contributed by atoms with E-state index < -0.39 is 52.2 Å². The normalized spacial score (nSPS) is 25.7. The van der Waals surface area contributed by atoms with Gasteiger partial charge in [-0.15, -0.1) is 0 Å². The van der Waals surface area contributed by atoms with Crippen LogP contribution in [-0.4, -0.2) is 66.1 Å². The second kappa shape index (κ2) is 8.97. The minimum absolute atomic E-state index is 0.0686. The van der Waals surface area contributed by atoms with Gasteiger partial charge in [0.15, 0.2) is 6.33 Å². The fourth-order valence-corrected chi connectivity index (χ4v) is 5.00. The van der Waals surface area contributed by atoms with E-state index in [9.17, 15) is 28.7 Å². The van der Waals surface area contributed by atoms with E-state index >= 15 is 0 Å². The Labute approximate surface area is 178 Å². The Morgan fingerprint density at radius 2 is 2.12 bits per heavy atom. The molecule has 0 radical (unpaired) electrons. The molecule has 8 N–H and O–H groups in total. The number of carbonyl (C=O) groups is 1. The topological polar surface area (TPSA) is 252 Å². The van der Waals surface area contributed by atoms with Gasteiger partial charge in [0.1, 0.15) is 6.10 Å². The highest BCUT2D eigenvalue weighted by molar-refractivity contribution is 7.60. The molecular weight excluding hydrogens is 478 g/mol. The Morgan fingerprint density at radius 3 is 2.75 bits per heavy atom. The van der Waals surface area contributed by atoms with Crippen LogP contribution in [0.5, 0.6) is 0 Å². The first-order chi connectivity index (χ1) is 14.8. The molecule has 0 spiro atoms. The van der Waals surface area contributed by atoms with E-state index in [1.54, 1.807) is 7.05 Å². The van der Waals surface area contributed by atoms with Crippen LogP contribution in [0.15, 0.2) is 11.1 Å². The summed E-state index contributed by atoms with van der Waals surface area (Å²) in [6.07, 6.45) is -1.92. The summed E-state index contributed by atoms with van der Waals surface area (Å²) in [4.78, 5) is 56.2. The van der Waals surface area contributed by atoms with Crippen molar-refractivity contribution in [2.24, 2.45) is 13.0 Å². The maximum Gasteiger partial charge on any atom is 0.481 e. The van der Waals surface area contributed by atoms with Crippen molar-refractivity contribution in [3.05, 3.63) is 16.7 Å². The van der Waals surface area contributed by atoms with Gasteiger partial charge in [-0.05, 0) is 0 Å². The predicted octanol–water partition coefficient (Wildman–Crippen LogP) is -3.02. The van der Waals surface area contributed by atoms with Crippen molar-refractivity contribution in [2.75, 3.05) is 18.9 Å². The van der Waals surface area contributed by atoms with Crippen molar-refractivity contribution >= 4 is 39.2 Å². The van der Waals surface area contributed by atoms with Crippen molar-refractivity contribution in [3.63, 3.8) is 0 Å². The lowest BCUT2D eigenvalue weighted by Crippen LogP contribution is -2.46. The summed E-state index contributed by atoms with van der Waals surface area (Å²) in [6, 6.07) is 0. The number of ether oxygens (including phenoxy) is 1. The van der Waals surface area contributed by atoms with Crippen LogP contribution in [-0.2, 0) is 34.5 Å². The Bertz CT molecular complexity index is 1160. The Balaban J connectivity index is 1.90. The van der Waals surface area contributed by atoms with Crippen LogP contribution >= 0.6 is 15.6 Å². The molecule has 1 aliphatic rings. The van der Waals surface area contributed by atoms with Gasteiger partial charge in [0.2, 0.25) is 18.2 Å². The molecule has 178 valence electrons. The highest BCUT2D eigenvalue weighted by Gasteiger charge is 2.48. The molecule has 0 bridgehead atoms. The largest absolute Gasteiger partial charge is 0.481 e. The number of fused-ring (bicyclic) bond motifs is 1. The van der Waals surface area contributed by atoms with Gasteiger partial charge >= 0.3 is 21.3 Å². The van der Waals surface area contributed by atoms with Crippen molar-refractivity contribution < 1.29 is 51.8 Å². The number of aliphatic hydroxyl groups is 1. The molecule has 19 heteroatoms. The van der Waals surface area contributed by atoms with Crippen molar-refractivity contribution in [1.29, 1.82) is 0 Å². The fourth-order valence-electron chi connectivity index (χ4n) is 3.40. The number of nitrogens with zero attached hydrogens (tertiary/aromatic N) is 3. The van der Waals surface area contributed by atoms with Gasteiger partial charge in [-0.2, -0.15) is 4.31 Å². The van der Waals surface area contributed by atoms with Gasteiger partial charge < -0.3 is 35.6 Å². The van der Waals surface area contributed by atoms with Crippen LogP contribution in [0.3, 0.4) is 0 Å². The molecule has 1 amide bonds. The summed E-state index contributed by atoms with van der Waals surface area (Å²) in [5, 5.41) is 13.2. The molecule has 0 saturated carbocycles. The second-order valence-corrected chi connectivity index (χ2v) is 9.67. The lowest BCUT2D eigenvalue weighted by molar-refractivity contribution is -0.745. The lowest BCUT2D eigenvalue weighted by Gasteiger charge is -2.20. The molecule has 3 heterocycles. The maximum atomic E-state index is 12.2. The number of phosphoric acid groups is 2. The van der Waals surface area contributed by atoms with E-state index in [2.05, 4.69) is 24.1 Å². The number of nitrogen functional groups attached to an aromatic ring is 1. The Morgan fingerprint density at radius 1 is 1.44 bits per heavy atom. The van der Waals surface area contributed by atoms with Crippen LogP contribution in [0.1, 0.15) is 6.23 Å². The number of aryl methyl sites for hydroxylation is 1. The standard InChI is InChI=1S/C13H20N6O11P2/c1-18-5-19(10-8(18)11(22)17-13(14)16-10)12-9(21)6(2-15-4-20)7(29-12)3-28-32(26,27)30-31(23,24)25/h4-7,9,12,21H,2-3H2,1H3,(H6-,14,15,16,17,20,22,23,24,25,26,27)/p+1/t6-,7-,9-,12-/m1/s1. The molecule has 0 aromatic carbocycles. The number of hydrogen-bond acceptors (Lipinski definition) is 10. The van der Waals surface area contributed by atoms with E-state index in [0.717, 1.165) is 0 Å². The summed E-state index contributed by atoms with van der Waals surface area (Å²) in [7, 11) is -8.97. The molecule has 1 fully saturated rings. The fraction of sp³-hybridized carbons (Fsp3) is 0.538. The number of amides is 1. The van der Waals surface area contributed by atoms with E-state index in [1.165, 1.54) is 15.5 Å². The number of carbonyl (C=O) groups excluding carboxylic acids is 1. The number of nitrogens with one attached hydrogen (secondary N) is 2. The van der Waals surface area contributed by atoms with E-state index in [-0.39, 0.29) is 23.7 Å². The molecule has 1 unspecified atom stereocenters. The molecular formula is C13H21N6O11P2+. The van der Waals surface area contributed by atoms with Gasteiger partial charge in [0.25, 0.3) is 11.5 Å². The predicted molar refractivity (Wildman–Crippen MR) is 102 cm³/mol. The van der Waals surface area contributed by atoms with Gasteiger partial charge in [0, 0.05) is 12.5 Å². The third-order valence-electron chi connectivity index (χ3n) is 4.63. The Kier molecular flexibility index (Phi) is 6.86. The van der Waals surface area contributed by atoms with Crippen LogP contribution in [0.4, 0.5) is 5.95 Å². The number of rotatable bonds is 9. The highest BCUT2D eigenvalue weighted by Crippen LogP contribution is 2.57. The summed E-state index contributed by atoms with van der Waals surface area (Å²) in [5.41, 5.74) is 5.25. The smallest absolute Gasteiger partial charge is 0.386 e. The summed E-state index contributed by atoms with van der Waals surface area (Å²) >= 11 is 0. The number of aromatic nitrogens is 4. The summed E-state index contributed by atoms with van der Waals surface area (Å²) in [5.74, 6) is -1.09. The Hall–Kier alpha value is -2.20. The zero-order valence-corrected chi connectivity index (χ0v) is 18.1. The highest BCUT2D eigenvalue weighted by atomic mass is 31.3. The molecule has 0 aliphatic carbocycles. The first-order valence-electron chi connectivity index (χ1n) is 8.83. The quantitative estimate of drug-likeness (QED) is 0.103. The van der Waals surface area contributed by atoms with Crippen molar-refractivity contribution in [3.8, 4) is 0 Å². The average Bonchev–Trinajstić information content (AvgIpc) is 3.13. The zero-order chi connectivity index (χ0) is 23.8. The van der Waals surface area contributed by atoms with E-state index in [4.69, 9.17) is 20.3 Å².